The first-order chi connectivity index (χ1) is 11.7. The standard InChI is InChI=1S/C17H23N5O3/c1-10-8-22(9-13(10)19(2)3)16(24)12-7-6-11-14(18-12)20(4)17(25)21(5)15(11)23/h6-7,10,13H,8-9H2,1-5H3/t10-,13+/m1/s1. The summed E-state index contributed by atoms with van der Waals surface area (Å²) in [5.74, 6) is 0.197. The molecule has 2 atom stereocenters. The Bertz CT molecular complexity index is 959. The highest BCUT2D eigenvalue weighted by Crippen LogP contribution is 2.21. The maximum absolute atomic E-state index is 12.8. The molecule has 0 N–H and O–H groups in total. The second kappa shape index (κ2) is 6.11. The summed E-state index contributed by atoms with van der Waals surface area (Å²) in [5.41, 5.74) is -0.387. The first-order valence-electron chi connectivity index (χ1n) is 8.24. The average molecular weight is 345 g/mol. The van der Waals surface area contributed by atoms with Crippen molar-refractivity contribution in [3.05, 3.63) is 38.7 Å². The number of nitrogens with zero attached hydrogens (tertiary/aromatic N) is 5. The van der Waals surface area contributed by atoms with Gasteiger partial charge in [0.05, 0.1) is 5.39 Å². The second-order valence-corrected chi connectivity index (χ2v) is 6.99. The van der Waals surface area contributed by atoms with E-state index in [-0.39, 0.29) is 17.2 Å². The quantitative estimate of drug-likeness (QED) is 0.744. The summed E-state index contributed by atoms with van der Waals surface area (Å²) in [6.07, 6.45) is 0. The summed E-state index contributed by atoms with van der Waals surface area (Å²) >= 11 is 0. The van der Waals surface area contributed by atoms with Crippen molar-refractivity contribution in [2.75, 3.05) is 27.2 Å². The van der Waals surface area contributed by atoms with Gasteiger partial charge in [0.25, 0.3) is 11.5 Å². The lowest BCUT2D eigenvalue weighted by Gasteiger charge is -2.22. The van der Waals surface area contributed by atoms with Crippen molar-refractivity contribution in [1.29, 1.82) is 0 Å². The van der Waals surface area contributed by atoms with Crippen molar-refractivity contribution < 1.29 is 4.79 Å². The van der Waals surface area contributed by atoms with Crippen LogP contribution in [0.15, 0.2) is 21.7 Å². The number of hydrogen-bond acceptors (Lipinski definition) is 5. The number of carbonyl (C=O) groups excluding carboxylic acids is 1. The molecule has 2 aromatic rings. The van der Waals surface area contributed by atoms with Crippen LogP contribution in [0.3, 0.4) is 0 Å². The Morgan fingerprint density at radius 2 is 1.84 bits per heavy atom. The Morgan fingerprint density at radius 1 is 1.16 bits per heavy atom. The highest BCUT2D eigenvalue weighted by atomic mass is 16.2. The Morgan fingerprint density at radius 3 is 2.44 bits per heavy atom. The third kappa shape index (κ3) is 2.76. The molecule has 134 valence electrons. The molecule has 8 nitrogen and oxygen atoms in total. The SMILES string of the molecule is C[C@@H]1CN(C(=O)c2ccc3c(=O)n(C)c(=O)n(C)c3n2)C[C@@H]1N(C)C. The van der Waals surface area contributed by atoms with Gasteiger partial charge in [-0.2, -0.15) is 0 Å². The molecular formula is C17H23N5O3. The molecule has 1 aliphatic heterocycles. The van der Waals surface area contributed by atoms with Crippen LogP contribution in [0.5, 0.6) is 0 Å². The Labute approximate surface area is 145 Å². The molecule has 2 aromatic heterocycles. The van der Waals surface area contributed by atoms with Gasteiger partial charge in [-0.1, -0.05) is 6.92 Å². The van der Waals surface area contributed by atoms with E-state index in [1.54, 1.807) is 24.1 Å². The molecule has 1 amide bonds. The van der Waals surface area contributed by atoms with E-state index >= 15 is 0 Å². The predicted octanol–water partition coefficient (Wildman–Crippen LogP) is -0.346. The van der Waals surface area contributed by atoms with E-state index < -0.39 is 11.2 Å². The minimum atomic E-state index is -0.461. The Balaban J connectivity index is 2.02. The van der Waals surface area contributed by atoms with Gasteiger partial charge in [0.15, 0.2) is 0 Å². The van der Waals surface area contributed by atoms with Gasteiger partial charge in [-0.15, -0.1) is 0 Å². The Kier molecular flexibility index (Phi) is 4.24. The van der Waals surface area contributed by atoms with Crippen LogP contribution < -0.4 is 11.2 Å². The fraction of sp³-hybridized carbons (Fsp3) is 0.529. The van der Waals surface area contributed by atoms with E-state index in [2.05, 4.69) is 16.8 Å². The Hall–Kier alpha value is -2.48. The maximum Gasteiger partial charge on any atom is 0.332 e. The number of pyridine rings is 1. The van der Waals surface area contributed by atoms with Gasteiger partial charge < -0.3 is 9.80 Å². The molecule has 0 spiro atoms. The van der Waals surface area contributed by atoms with Crippen LogP contribution in [0.25, 0.3) is 11.0 Å². The number of likely N-dealkylation sites (tertiary alicyclic amines) is 1. The van der Waals surface area contributed by atoms with Crippen molar-refractivity contribution in [3.8, 4) is 0 Å². The summed E-state index contributed by atoms with van der Waals surface area (Å²) in [6, 6.07) is 3.44. The molecule has 1 aliphatic rings. The first kappa shape index (κ1) is 17.3. The van der Waals surface area contributed by atoms with Gasteiger partial charge in [0.2, 0.25) is 0 Å². The summed E-state index contributed by atoms with van der Waals surface area (Å²) in [5, 5.41) is 0.321. The molecule has 3 rings (SSSR count). The van der Waals surface area contributed by atoms with E-state index in [1.165, 1.54) is 11.6 Å². The average Bonchev–Trinajstić information content (AvgIpc) is 2.99. The number of amides is 1. The normalized spacial score (nSPS) is 20.6. The summed E-state index contributed by atoms with van der Waals surface area (Å²) in [4.78, 5) is 45.3. The van der Waals surface area contributed by atoms with Crippen molar-refractivity contribution in [2.24, 2.45) is 20.0 Å². The zero-order valence-electron chi connectivity index (χ0n) is 15.2. The van der Waals surface area contributed by atoms with Crippen LogP contribution in [0.2, 0.25) is 0 Å². The van der Waals surface area contributed by atoms with Gasteiger partial charge in [-0.05, 0) is 32.1 Å². The highest BCUT2D eigenvalue weighted by Gasteiger charge is 2.34. The lowest BCUT2D eigenvalue weighted by atomic mass is 10.1. The van der Waals surface area contributed by atoms with Crippen LogP contribution in [0.4, 0.5) is 0 Å². The number of likely N-dealkylation sites (N-methyl/N-ethyl adjacent to an activating group) is 1. The molecule has 0 bridgehead atoms. The highest BCUT2D eigenvalue weighted by molar-refractivity contribution is 5.94. The monoisotopic (exact) mass is 345 g/mol. The van der Waals surface area contributed by atoms with Crippen LogP contribution in [0.1, 0.15) is 17.4 Å². The molecule has 8 heteroatoms. The largest absolute Gasteiger partial charge is 0.335 e. The van der Waals surface area contributed by atoms with Crippen molar-refractivity contribution >= 4 is 16.9 Å². The number of carbonyl (C=O) groups is 1. The van der Waals surface area contributed by atoms with Crippen LogP contribution in [-0.4, -0.2) is 63.1 Å². The molecule has 0 unspecified atom stereocenters. The lowest BCUT2D eigenvalue weighted by Crippen LogP contribution is -2.38. The van der Waals surface area contributed by atoms with Gasteiger partial charge in [-0.3, -0.25) is 18.7 Å². The van der Waals surface area contributed by atoms with Crippen LogP contribution >= 0.6 is 0 Å². The molecule has 1 fully saturated rings. The van der Waals surface area contributed by atoms with Crippen molar-refractivity contribution in [3.63, 3.8) is 0 Å². The predicted molar refractivity (Wildman–Crippen MR) is 94.8 cm³/mol. The molecular weight excluding hydrogens is 322 g/mol. The first-order valence-corrected chi connectivity index (χ1v) is 8.24. The van der Waals surface area contributed by atoms with E-state index in [0.29, 0.717) is 30.4 Å². The van der Waals surface area contributed by atoms with Crippen LogP contribution in [0, 0.1) is 5.92 Å². The van der Waals surface area contributed by atoms with Crippen molar-refractivity contribution in [1.82, 2.24) is 23.9 Å². The number of fused-ring (bicyclic) bond motifs is 1. The summed E-state index contributed by atoms with van der Waals surface area (Å²) < 4.78 is 2.33. The second-order valence-electron chi connectivity index (χ2n) is 6.99. The van der Waals surface area contributed by atoms with Crippen LogP contribution in [-0.2, 0) is 14.1 Å². The zero-order valence-corrected chi connectivity index (χ0v) is 15.2. The lowest BCUT2D eigenvalue weighted by molar-refractivity contribution is 0.0776. The third-order valence-corrected chi connectivity index (χ3v) is 5.04. The van der Waals surface area contributed by atoms with E-state index in [0.717, 1.165) is 4.57 Å². The summed E-state index contributed by atoms with van der Waals surface area (Å²) in [7, 11) is 6.99. The number of hydrogen-bond donors (Lipinski definition) is 0. The number of aromatic nitrogens is 3. The van der Waals surface area contributed by atoms with Crippen molar-refractivity contribution in [2.45, 2.75) is 13.0 Å². The van der Waals surface area contributed by atoms with E-state index in [1.807, 2.05) is 14.1 Å². The van der Waals surface area contributed by atoms with Gasteiger partial charge in [0, 0.05) is 33.2 Å². The minimum absolute atomic E-state index is 0.175. The van der Waals surface area contributed by atoms with E-state index in [9.17, 15) is 14.4 Å². The fourth-order valence-electron chi connectivity index (χ4n) is 3.52. The number of rotatable bonds is 2. The van der Waals surface area contributed by atoms with Gasteiger partial charge >= 0.3 is 5.69 Å². The molecule has 0 saturated carbocycles. The molecule has 0 radical (unpaired) electrons. The smallest absolute Gasteiger partial charge is 0.332 e. The molecule has 3 heterocycles. The third-order valence-electron chi connectivity index (χ3n) is 5.04. The molecule has 1 saturated heterocycles. The fourth-order valence-corrected chi connectivity index (χ4v) is 3.52. The topological polar surface area (TPSA) is 80.4 Å². The minimum Gasteiger partial charge on any atom is -0.335 e. The summed E-state index contributed by atoms with van der Waals surface area (Å²) in [6.45, 7) is 3.43. The maximum atomic E-state index is 12.8. The van der Waals surface area contributed by atoms with Gasteiger partial charge in [-0.25, -0.2) is 9.78 Å². The molecule has 0 aliphatic carbocycles. The number of aryl methyl sites for hydroxylation is 1. The zero-order chi connectivity index (χ0) is 18.5. The molecule has 25 heavy (non-hydrogen) atoms. The molecule has 0 aromatic carbocycles. The van der Waals surface area contributed by atoms with Gasteiger partial charge in [0.1, 0.15) is 11.3 Å². The van der Waals surface area contributed by atoms with E-state index in [4.69, 9.17) is 0 Å².